The van der Waals surface area contributed by atoms with Crippen LogP contribution in [-0.4, -0.2) is 5.00 Å². The summed E-state index contributed by atoms with van der Waals surface area (Å²) in [6.07, 6.45) is 1.63. The highest BCUT2D eigenvalue weighted by Gasteiger charge is 2.10. The normalized spacial score (nSPS) is 10.6. The van der Waals surface area contributed by atoms with E-state index < -0.39 is 5.00 Å². The van der Waals surface area contributed by atoms with Crippen molar-refractivity contribution in [3.63, 3.8) is 0 Å². The van der Waals surface area contributed by atoms with Gasteiger partial charge >= 0.3 is 0 Å². The van der Waals surface area contributed by atoms with Crippen molar-refractivity contribution in [2.75, 3.05) is 0 Å². The summed E-state index contributed by atoms with van der Waals surface area (Å²) in [5, 5.41) is 2.92. The first-order valence-corrected chi connectivity index (χ1v) is 3.12. The highest BCUT2D eigenvalue weighted by atomic mass is 35.5. The van der Waals surface area contributed by atoms with E-state index in [2.05, 4.69) is 18.5 Å². The second-order valence-electron chi connectivity index (χ2n) is 2.33. The van der Waals surface area contributed by atoms with Gasteiger partial charge in [-0.3, -0.25) is 0 Å². The molecule has 0 atom stereocenters. The molecule has 0 amide bonds. The molecule has 0 saturated carbocycles. The van der Waals surface area contributed by atoms with Crippen LogP contribution < -0.4 is 5.32 Å². The first-order chi connectivity index (χ1) is 3.95. The molecule has 1 N–H and O–H groups in total. The Morgan fingerprint density at radius 1 is 1.67 bits per heavy atom. The molecule has 0 rings (SSSR count). The number of hydrogen-bond donors (Lipinski definition) is 1. The summed E-state index contributed by atoms with van der Waals surface area (Å²) in [4.78, 5) is -0.425. The van der Waals surface area contributed by atoms with E-state index in [1.807, 2.05) is 13.8 Å². The van der Waals surface area contributed by atoms with Gasteiger partial charge < -0.3 is 5.32 Å². The number of allylic oxidation sites excluding steroid dienone is 1. The molecule has 0 aliphatic rings. The number of hydrogen-bond acceptors (Lipinski definition) is 1. The zero-order valence-corrected chi connectivity index (χ0v) is 6.63. The van der Waals surface area contributed by atoms with E-state index in [9.17, 15) is 0 Å². The van der Waals surface area contributed by atoms with E-state index >= 15 is 0 Å². The van der Waals surface area contributed by atoms with E-state index in [1.54, 1.807) is 6.08 Å². The Morgan fingerprint density at radius 3 is 2.22 bits per heavy atom. The molecule has 1 nitrogen and oxygen atoms in total. The molecule has 0 aliphatic heterocycles. The van der Waals surface area contributed by atoms with Crippen molar-refractivity contribution >= 4 is 11.6 Å². The van der Waals surface area contributed by atoms with Gasteiger partial charge in [-0.15, -0.1) is 0 Å². The molecule has 0 saturated heterocycles. The van der Waals surface area contributed by atoms with Gasteiger partial charge in [0, 0.05) is 5.70 Å². The van der Waals surface area contributed by atoms with Gasteiger partial charge in [0.1, 0.15) is 5.00 Å². The van der Waals surface area contributed by atoms with Crippen LogP contribution in [0, 0.1) is 0 Å². The molecular weight excluding hydrogens is 134 g/mol. The Balaban J connectivity index is 3.74. The van der Waals surface area contributed by atoms with Gasteiger partial charge in [0.15, 0.2) is 0 Å². The van der Waals surface area contributed by atoms with Crippen LogP contribution in [0.4, 0.5) is 0 Å². The van der Waals surface area contributed by atoms with Crippen molar-refractivity contribution in [2.24, 2.45) is 0 Å². The lowest BCUT2D eigenvalue weighted by atomic mass is 10.3. The average molecular weight is 146 g/mol. The largest absolute Gasteiger partial charge is 0.368 e. The Bertz CT molecular complexity index is 121. The third-order valence-corrected chi connectivity index (χ3v) is 0.799. The van der Waals surface area contributed by atoms with Crippen molar-refractivity contribution in [1.29, 1.82) is 0 Å². The summed E-state index contributed by atoms with van der Waals surface area (Å²) in [5.74, 6) is 0. The summed E-state index contributed by atoms with van der Waals surface area (Å²) in [6.45, 7) is 10.9. The Kier molecular flexibility index (Phi) is 2.78. The van der Waals surface area contributed by atoms with Crippen LogP contribution in [0.15, 0.2) is 24.9 Å². The number of alkyl halides is 1. The molecule has 2 heteroatoms. The molecule has 0 radical (unpaired) electrons. The van der Waals surface area contributed by atoms with Crippen LogP contribution in [0.25, 0.3) is 0 Å². The molecular formula is C7H12ClN. The molecule has 0 fully saturated rings. The Morgan fingerprint density at radius 2 is 2.11 bits per heavy atom. The minimum absolute atomic E-state index is 0.425. The topological polar surface area (TPSA) is 12.0 Å². The molecule has 9 heavy (non-hydrogen) atoms. The van der Waals surface area contributed by atoms with Gasteiger partial charge in [0.2, 0.25) is 0 Å². The maximum Gasteiger partial charge on any atom is 0.106 e. The predicted octanol–water partition coefficient (Wildman–Crippen LogP) is 2.25. The van der Waals surface area contributed by atoms with E-state index in [4.69, 9.17) is 11.6 Å². The average Bonchev–Trinajstić information content (AvgIpc) is 1.62. The molecule has 0 unspecified atom stereocenters. The molecule has 0 bridgehead atoms. The number of halogens is 1. The summed E-state index contributed by atoms with van der Waals surface area (Å²) in [5.41, 5.74) is 0.745. The van der Waals surface area contributed by atoms with Crippen LogP contribution in [0.2, 0.25) is 0 Å². The zero-order valence-electron chi connectivity index (χ0n) is 5.87. The van der Waals surface area contributed by atoms with Gasteiger partial charge in [0.05, 0.1) is 0 Å². The van der Waals surface area contributed by atoms with E-state index in [0.29, 0.717) is 0 Å². The first kappa shape index (κ1) is 8.57. The first-order valence-electron chi connectivity index (χ1n) is 2.74. The molecule has 52 valence electrons. The quantitative estimate of drug-likeness (QED) is 0.365. The summed E-state index contributed by atoms with van der Waals surface area (Å²) in [6, 6.07) is 0. The summed E-state index contributed by atoms with van der Waals surface area (Å²) >= 11 is 5.79. The maximum absolute atomic E-state index is 5.79. The fourth-order valence-electron chi connectivity index (χ4n) is 0.433. The number of rotatable bonds is 3. The third kappa shape index (κ3) is 5.44. The Labute approximate surface area is 61.4 Å². The van der Waals surface area contributed by atoms with Gasteiger partial charge in [0.25, 0.3) is 0 Å². The van der Waals surface area contributed by atoms with Crippen LogP contribution >= 0.6 is 11.6 Å². The molecule has 0 aromatic carbocycles. The smallest absolute Gasteiger partial charge is 0.106 e. The molecule has 0 spiro atoms. The lowest BCUT2D eigenvalue weighted by molar-refractivity contribution is 0.610. The third-order valence-electron chi connectivity index (χ3n) is 0.704. The summed E-state index contributed by atoms with van der Waals surface area (Å²) in [7, 11) is 0. The molecule has 0 heterocycles. The maximum atomic E-state index is 5.79. The fourth-order valence-corrected chi connectivity index (χ4v) is 0.554. The molecule has 0 aromatic heterocycles. The van der Waals surface area contributed by atoms with E-state index in [1.165, 1.54) is 0 Å². The predicted molar refractivity (Wildman–Crippen MR) is 42.4 cm³/mol. The standard InChI is InChI=1S/C7H12ClN/c1-5-6(2)9-7(3,4)8/h5,9H,1-2H2,3-4H3. The van der Waals surface area contributed by atoms with Gasteiger partial charge in [-0.05, 0) is 19.9 Å². The van der Waals surface area contributed by atoms with Crippen molar-refractivity contribution in [2.45, 2.75) is 18.8 Å². The fraction of sp³-hybridized carbons (Fsp3) is 0.429. The summed E-state index contributed by atoms with van der Waals surface area (Å²) < 4.78 is 0. The minimum Gasteiger partial charge on any atom is -0.368 e. The Hall–Kier alpha value is -0.430. The highest BCUT2D eigenvalue weighted by Crippen LogP contribution is 2.09. The van der Waals surface area contributed by atoms with Crippen molar-refractivity contribution in [3.05, 3.63) is 24.9 Å². The van der Waals surface area contributed by atoms with Gasteiger partial charge in [-0.2, -0.15) is 0 Å². The lowest BCUT2D eigenvalue weighted by Crippen LogP contribution is -2.31. The van der Waals surface area contributed by atoms with Gasteiger partial charge in [-0.1, -0.05) is 24.8 Å². The number of nitrogens with one attached hydrogen (secondary N) is 1. The molecule has 0 aromatic rings. The van der Waals surface area contributed by atoms with Crippen LogP contribution in [0.1, 0.15) is 13.8 Å². The van der Waals surface area contributed by atoms with Gasteiger partial charge in [-0.25, -0.2) is 0 Å². The van der Waals surface area contributed by atoms with Crippen LogP contribution in [-0.2, 0) is 0 Å². The second kappa shape index (κ2) is 2.92. The minimum atomic E-state index is -0.425. The van der Waals surface area contributed by atoms with E-state index in [-0.39, 0.29) is 0 Å². The van der Waals surface area contributed by atoms with Crippen LogP contribution in [0.3, 0.4) is 0 Å². The lowest BCUT2D eigenvalue weighted by Gasteiger charge is -2.18. The SMILES string of the molecule is C=CC(=C)NC(C)(C)Cl. The van der Waals surface area contributed by atoms with Crippen molar-refractivity contribution in [3.8, 4) is 0 Å². The zero-order chi connectivity index (χ0) is 7.49. The monoisotopic (exact) mass is 145 g/mol. The second-order valence-corrected chi connectivity index (χ2v) is 3.27. The van der Waals surface area contributed by atoms with Crippen molar-refractivity contribution in [1.82, 2.24) is 5.32 Å². The molecule has 0 aliphatic carbocycles. The van der Waals surface area contributed by atoms with Crippen LogP contribution in [0.5, 0.6) is 0 Å². The highest BCUT2D eigenvalue weighted by molar-refractivity contribution is 6.23. The van der Waals surface area contributed by atoms with Crippen molar-refractivity contribution < 1.29 is 0 Å². The van der Waals surface area contributed by atoms with E-state index in [0.717, 1.165) is 5.70 Å².